The summed E-state index contributed by atoms with van der Waals surface area (Å²) < 4.78 is 17.1. The van der Waals surface area contributed by atoms with Gasteiger partial charge < -0.3 is 13.9 Å². The molecule has 6 nitrogen and oxygen atoms in total. The van der Waals surface area contributed by atoms with E-state index in [0.29, 0.717) is 30.8 Å². The number of benzene rings is 1. The van der Waals surface area contributed by atoms with Crippen LogP contribution in [0.3, 0.4) is 0 Å². The third-order valence-corrected chi connectivity index (χ3v) is 9.16. The van der Waals surface area contributed by atoms with Crippen molar-refractivity contribution in [1.82, 2.24) is 4.98 Å². The molecule has 1 saturated carbocycles. The molecule has 206 valence electrons. The maximum Gasteiger partial charge on any atom is 0.305 e. The predicted octanol–water partition coefficient (Wildman–Crippen LogP) is 7.00. The molecule has 4 atom stereocenters. The fourth-order valence-corrected chi connectivity index (χ4v) is 7.04. The number of carbonyl (C=O) groups is 2. The topological polar surface area (TPSA) is 78.6 Å². The SMILES string of the molecule is COC(=O)CCc1ccccc1CC1C2CCC(O2)C1c1nc(C(=O)CCCCCC2CCCCC2)co1. The summed E-state index contributed by atoms with van der Waals surface area (Å²) in [6.07, 6.45) is 17.9. The van der Waals surface area contributed by atoms with E-state index in [2.05, 4.69) is 18.2 Å². The van der Waals surface area contributed by atoms with Crippen LogP contribution in [0.1, 0.15) is 117 Å². The fraction of sp³-hybridized carbons (Fsp3) is 0.656. The summed E-state index contributed by atoms with van der Waals surface area (Å²) in [5.41, 5.74) is 2.87. The zero-order valence-electron chi connectivity index (χ0n) is 22.9. The Kier molecular flexibility index (Phi) is 9.31. The van der Waals surface area contributed by atoms with Crippen molar-refractivity contribution in [3.8, 4) is 0 Å². The number of unbranched alkanes of at least 4 members (excludes halogenated alkanes) is 2. The number of oxazole rings is 1. The van der Waals surface area contributed by atoms with Gasteiger partial charge >= 0.3 is 5.97 Å². The molecule has 5 rings (SSSR count). The summed E-state index contributed by atoms with van der Waals surface area (Å²) in [6, 6.07) is 8.32. The first kappa shape index (κ1) is 27.1. The number of methoxy groups -OCH3 is 1. The highest BCUT2D eigenvalue weighted by Crippen LogP contribution is 2.50. The van der Waals surface area contributed by atoms with Gasteiger partial charge in [-0.25, -0.2) is 4.98 Å². The molecule has 6 heteroatoms. The van der Waals surface area contributed by atoms with Crippen molar-refractivity contribution < 1.29 is 23.5 Å². The summed E-state index contributed by atoms with van der Waals surface area (Å²) in [7, 11) is 1.43. The van der Waals surface area contributed by atoms with Crippen molar-refractivity contribution in [1.29, 1.82) is 0 Å². The quantitative estimate of drug-likeness (QED) is 0.160. The molecule has 3 aliphatic rings. The minimum Gasteiger partial charge on any atom is -0.469 e. The molecule has 2 bridgehead atoms. The van der Waals surface area contributed by atoms with Gasteiger partial charge in [-0.1, -0.05) is 75.6 Å². The van der Waals surface area contributed by atoms with Gasteiger partial charge in [0.2, 0.25) is 5.89 Å². The molecule has 2 saturated heterocycles. The van der Waals surface area contributed by atoms with Gasteiger partial charge in [0.05, 0.1) is 25.2 Å². The van der Waals surface area contributed by atoms with E-state index in [1.807, 2.05) is 6.07 Å². The second-order valence-corrected chi connectivity index (χ2v) is 11.6. The van der Waals surface area contributed by atoms with Crippen LogP contribution >= 0.6 is 0 Å². The number of aryl methyl sites for hydroxylation is 1. The van der Waals surface area contributed by atoms with Gasteiger partial charge in [-0.2, -0.15) is 0 Å². The van der Waals surface area contributed by atoms with Crippen molar-refractivity contribution in [2.45, 2.75) is 114 Å². The number of rotatable bonds is 13. The standard InChI is InChI=1S/C32H43NO5/c1-36-30(35)19-16-23-13-8-9-14-24(23)20-25-28-17-18-29(38-28)31(25)32-33-26(21-37-32)27(34)15-7-3-6-12-22-10-4-2-5-11-22/h8-9,13-14,21-22,25,28-29,31H,2-7,10-12,15-20H2,1H3. The van der Waals surface area contributed by atoms with Crippen molar-refractivity contribution >= 4 is 11.8 Å². The van der Waals surface area contributed by atoms with E-state index in [-0.39, 0.29) is 35.8 Å². The Morgan fingerprint density at radius 2 is 1.74 bits per heavy atom. The minimum atomic E-state index is -0.192. The van der Waals surface area contributed by atoms with E-state index in [1.54, 1.807) is 6.26 Å². The summed E-state index contributed by atoms with van der Waals surface area (Å²) in [6.45, 7) is 0. The molecule has 2 aliphatic heterocycles. The molecular weight excluding hydrogens is 478 g/mol. The lowest BCUT2D eigenvalue weighted by Gasteiger charge is -2.26. The zero-order valence-corrected chi connectivity index (χ0v) is 22.9. The number of ether oxygens (including phenoxy) is 2. The molecule has 4 unspecified atom stereocenters. The first-order valence-corrected chi connectivity index (χ1v) is 14.9. The Hall–Kier alpha value is -2.47. The number of nitrogens with zero attached hydrogens (tertiary/aromatic N) is 1. The number of ketones is 1. The smallest absolute Gasteiger partial charge is 0.305 e. The van der Waals surface area contributed by atoms with Crippen LogP contribution in [0.4, 0.5) is 0 Å². The molecule has 3 fully saturated rings. The van der Waals surface area contributed by atoms with E-state index in [4.69, 9.17) is 18.9 Å². The second kappa shape index (κ2) is 13.1. The van der Waals surface area contributed by atoms with Gasteiger partial charge in [-0.15, -0.1) is 0 Å². The third-order valence-electron chi connectivity index (χ3n) is 9.16. The lowest BCUT2D eigenvalue weighted by Crippen LogP contribution is -2.28. The molecule has 38 heavy (non-hydrogen) atoms. The molecular formula is C32H43NO5. The van der Waals surface area contributed by atoms with Crippen molar-refractivity contribution in [2.24, 2.45) is 11.8 Å². The van der Waals surface area contributed by atoms with E-state index >= 15 is 0 Å². The number of aromatic nitrogens is 1. The van der Waals surface area contributed by atoms with Crippen molar-refractivity contribution in [2.75, 3.05) is 7.11 Å². The number of carbonyl (C=O) groups excluding carboxylic acids is 2. The fourth-order valence-electron chi connectivity index (χ4n) is 7.04. The maximum absolute atomic E-state index is 12.9. The van der Waals surface area contributed by atoms with E-state index < -0.39 is 0 Å². The van der Waals surface area contributed by atoms with Crippen LogP contribution in [0.15, 0.2) is 34.9 Å². The Morgan fingerprint density at radius 3 is 2.55 bits per heavy atom. The first-order valence-electron chi connectivity index (χ1n) is 14.9. The van der Waals surface area contributed by atoms with Gasteiger partial charge in [0.15, 0.2) is 5.78 Å². The van der Waals surface area contributed by atoms with Crippen LogP contribution < -0.4 is 0 Å². The van der Waals surface area contributed by atoms with Gasteiger partial charge in [0, 0.05) is 18.8 Å². The molecule has 1 aromatic heterocycles. The first-order chi connectivity index (χ1) is 18.6. The molecule has 1 aliphatic carbocycles. The lowest BCUT2D eigenvalue weighted by molar-refractivity contribution is -0.140. The highest BCUT2D eigenvalue weighted by Gasteiger charge is 2.51. The Balaban J connectivity index is 1.17. The Labute approximate surface area is 226 Å². The van der Waals surface area contributed by atoms with Gasteiger partial charge in [-0.05, 0) is 49.1 Å². The number of fused-ring (bicyclic) bond motifs is 2. The van der Waals surface area contributed by atoms with Gasteiger partial charge in [0.1, 0.15) is 12.0 Å². The molecule has 3 heterocycles. The number of Topliss-reactive ketones (excluding diaryl/α,β-unsaturated/α-hetero) is 1. The van der Waals surface area contributed by atoms with Gasteiger partial charge in [0.25, 0.3) is 0 Å². The lowest BCUT2D eigenvalue weighted by atomic mass is 9.75. The zero-order chi connectivity index (χ0) is 26.3. The third kappa shape index (κ3) is 6.56. The van der Waals surface area contributed by atoms with Crippen LogP contribution in [-0.4, -0.2) is 36.1 Å². The molecule has 0 radical (unpaired) electrons. The molecule has 1 aromatic carbocycles. The molecule has 0 amide bonds. The summed E-state index contributed by atoms with van der Waals surface area (Å²) >= 11 is 0. The van der Waals surface area contributed by atoms with Crippen LogP contribution in [0, 0.1) is 11.8 Å². The van der Waals surface area contributed by atoms with Crippen LogP contribution in [0.2, 0.25) is 0 Å². The van der Waals surface area contributed by atoms with Crippen LogP contribution in [0.25, 0.3) is 0 Å². The highest BCUT2D eigenvalue weighted by molar-refractivity contribution is 5.93. The number of hydrogen-bond donors (Lipinski definition) is 0. The monoisotopic (exact) mass is 521 g/mol. The van der Waals surface area contributed by atoms with E-state index in [0.717, 1.165) is 38.0 Å². The number of esters is 1. The summed E-state index contributed by atoms with van der Waals surface area (Å²) in [4.78, 5) is 29.3. The average molecular weight is 522 g/mol. The molecule has 2 aromatic rings. The second-order valence-electron chi connectivity index (χ2n) is 11.6. The predicted molar refractivity (Wildman–Crippen MR) is 145 cm³/mol. The summed E-state index contributed by atoms with van der Waals surface area (Å²) in [5.74, 6) is 1.76. The van der Waals surface area contributed by atoms with Crippen molar-refractivity contribution in [3.05, 3.63) is 53.2 Å². The maximum atomic E-state index is 12.9. The van der Waals surface area contributed by atoms with E-state index in [1.165, 1.54) is 63.2 Å². The van der Waals surface area contributed by atoms with Crippen LogP contribution in [0.5, 0.6) is 0 Å². The normalized spacial score (nSPS) is 25.1. The van der Waals surface area contributed by atoms with E-state index in [9.17, 15) is 9.59 Å². The molecule has 0 spiro atoms. The van der Waals surface area contributed by atoms with Crippen molar-refractivity contribution in [3.63, 3.8) is 0 Å². The Morgan fingerprint density at radius 1 is 0.947 bits per heavy atom. The average Bonchev–Trinajstić information content (AvgIpc) is 3.70. The minimum absolute atomic E-state index is 0.0551. The van der Waals surface area contributed by atoms with Gasteiger partial charge in [-0.3, -0.25) is 9.59 Å². The highest BCUT2D eigenvalue weighted by atomic mass is 16.5. The largest absolute Gasteiger partial charge is 0.469 e. The summed E-state index contributed by atoms with van der Waals surface area (Å²) in [5, 5.41) is 0. The Bertz CT molecular complexity index is 1070. The van der Waals surface area contributed by atoms with Crippen LogP contribution in [-0.2, 0) is 27.1 Å². The molecule has 0 N–H and O–H groups in total. The number of hydrogen-bond acceptors (Lipinski definition) is 6.